The number of rotatable bonds is 6. The van der Waals surface area contributed by atoms with Crippen molar-refractivity contribution >= 4 is 17.9 Å². The van der Waals surface area contributed by atoms with Gasteiger partial charge in [-0.25, -0.2) is 4.39 Å². The first-order valence-corrected chi connectivity index (χ1v) is 9.51. The van der Waals surface area contributed by atoms with E-state index in [-0.39, 0.29) is 23.5 Å². The fourth-order valence-electron chi connectivity index (χ4n) is 3.44. The van der Waals surface area contributed by atoms with Gasteiger partial charge in [0.1, 0.15) is 5.82 Å². The summed E-state index contributed by atoms with van der Waals surface area (Å²) in [6.45, 7) is 1.22. The summed E-state index contributed by atoms with van der Waals surface area (Å²) < 4.78 is 13.4. The molecule has 1 aliphatic rings. The molecule has 0 spiro atoms. The topological polar surface area (TPSA) is 40.6 Å². The Morgan fingerprint density at radius 3 is 2.75 bits per heavy atom. The second kappa shape index (κ2) is 9.31. The van der Waals surface area contributed by atoms with Gasteiger partial charge in [-0.15, -0.1) is 0 Å². The third-order valence-electron chi connectivity index (χ3n) is 4.98. The molecule has 3 rings (SSSR count). The van der Waals surface area contributed by atoms with Crippen LogP contribution in [0.2, 0.25) is 0 Å². The Morgan fingerprint density at radius 2 is 2.00 bits per heavy atom. The summed E-state index contributed by atoms with van der Waals surface area (Å²) in [7, 11) is 1.78. The molecule has 0 radical (unpaired) electrons. The monoisotopic (exact) mass is 380 g/mol. The van der Waals surface area contributed by atoms with Crippen LogP contribution < -0.4 is 0 Å². The summed E-state index contributed by atoms with van der Waals surface area (Å²) >= 11 is 0. The molecule has 28 heavy (non-hydrogen) atoms. The van der Waals surface area contributed by atoms with Crippen LogP contribution in [0.25, 0.3) is 6.08 Å². The molecule has 2 aromatic rings. The first-order chi connectivity index (χ1) is 13.5. The van der Waals surface area contributed by atoms with Gasteiger partial charge in [-0.3, -0.25) is 9.59 Å². The standard InChI is InChI=1S/C23H25FN2O2/c1-25(14-6-10-18-7-3-2-4-8-18)23(28)20-12-13-22(27)26(17-20)16-19-9-5-11-21(24)15-19/h2-11,15,20H,12-14,16-17H2,1H3/b10-6+. The van der Waals surface area contributed by atoms with Gasteiger partial charge in [0.15, 0.2) is 0 Å². The Bertz CT molecular complexity index is 851. The van der Waals surface area contributed by atoms with E-state index in [0.29, 0.717) is 32.5 Å². The SMILES string of the molecule is CN(C/C=C/c1ccccc1)C(=O)C1CCC(=O)N(Cc2cccc(F)c2)C1. The molecule has 0 aromatic heterocycles. The normalized spacial score (nSPS) is 17.1. The van der Waals surface area contributed by atoms with E-state index in [1.807, 2.05) is 42.5 Å². The van der Waals surface area contributed by atoms with Crippen LogP contribution in [-0.4, -0.2) is 41.8 Å². The Labute approximate surface area is 165 Å². The zero-order chi connectivity index (χ0) is 19.9. The van der Waals surface area contributed by atoms with Crippen molar-refractivity contribution in [2.24, 2.45) is 5.92 Å². The van der Waals surface area contributed by atoms with Crippen LogP contribution in [0.15, 0.2) is 60.7 Å². The molecule has 0 aliphatic carbocycles. The molecule has 2 aromatic carbocycles. The van der Waals surface area contributed by atoms with Crippen LogP contribution in [0.4, 0.5) is 4.39 Å². The van der Waals surface area contributed by atoms with E-state index in [9.17, 15) is 14.0 Å². The zero-order valence-electron chi connectivity index (χ0n) is 16.1. The van der Waals surface area contributed by atoms with Gasteiger partial charge >= 0.3 is 0 Å². The third kappa shape index (κ3) is 5.28. The van der Waals surface area contributed by atoms with E-state index >= 15 is 0 Å². The van der Waals surface area contributed by atoms with E-state index in [1.54, 1.807) is 29.0 Å². The Hall–Kier alpha value is -2.95. The van der Waals surface area contributed by atoms with Crippen molar-refractivity contribution in [2.75, 3.05) is 20.1 Å². The lowest BCUT2D eigenvalue weighted by Gasteiger charge is -2.33. The molecule has 4 nitrogen and oxygen atoms in total. The maximum Gasteiger partial charge on any atom is 0.227 e. The molecule has 2 amide bonds. The molecule has 146 valence electrons. The fraction of sp³-hybridized carbons (Fsp3) is 0.304. The van der Waals surface area contributed by atoms with Crippen molar-refractivity contribution in [1.82, 2.24) is 9.80 Å². The van der Waals surface area contributed by atoms with Crippen molar-refractivity contribution in [3.05, 3.63) is 77.6 Å². The average Bonchev–Trinajstić information content (AvgIpc) is 2.70. The summed E-state index contributed by atoms with van der Waals surface area (Å²) in [6.07, 6.45) is 4.86. The lowest BCUT2D eigenvalue weighted by molar-refractivity contribution is -0.142. The predicted octanol–water partition coefficient (Wildman–Crippen LogP) is 3.74. The number of hydrogen-bond acceptors (Lipinski definition) is 2. The second-order valence-electron chi connectivity index (χ2n) is 7.17. The van der Waals surface area contributed by atoms with E-state index in [2.05, 4.69) is 0 Å². The lowest BCUT2D eigenvalue weighted by Crippen LogP contribution is -2.45. The van der Waals surface area contributed by atoms with Crippen molar-refractivity contribution < 1.29 is 14.0 Å². The predicted molar refractivity (Wildman–Crippen MR) is 108 cm³/mol. The first kappa shape index (κ1) is 19.8. The number of amides is 2. The highest BCUT2D eigenvalue weighted by molar-refractivity contribution is 5.84. The second-order valence-corrected chi connectivity index (χ2v) is 7.17. The van der Waals surface area contributed by atoms with Crippen molar-refractivity contribution in [3.63, 3.8) is 0 Å². The van der Waals surface area contributed by atoms with Gasteiger partial charge in [0.05, 0.1) is 5.92 Å². The van der Waals surface area contributed by atoms with Crippen LogP contribution in [0.5, 0.6) is 0 Å². The number of hydrogen-bond donors (Lipinski definition) is 0. The summed E-state index contributed by atoms with van der Waals surface area (Å²) in [5.41, 5.74) is 1.83. The highest BCUT2D eigenvalue weighted by Gasteiger charge is 2.31. The molecule has 1 saturated heterocycles. The van der Waals surface area contributed by atoms with Crippen molar-refractivity contribution in [3.8, 4) is 0 Å². The van der Waals surface area contributed by atoms with Crippen LogP contribution in [0.1, 0.15) is 24.0 Å². The highest BCUT2D eigenvalue weighted by Crippen LogP contribution is 2.22. The van der Waals surface area contributed by atoms with E-state index in [4.69, 9.17) is 0 Å². The zero-order valence-corrected chi connectivity index (χ0v) is 16.1. The Balaban J connectivity index is 1.57. The van der Waals surface area contributed by atoms with E-state index < -0.39 is 0 Å². The molecule has 1 unspecified atom stereocenters. The molecule has 1 atom stereocenters. The van der Waals surface area contributed by atoms with Gasteiger partial charge in [-0.2, -0.15) is 0 Å². The molecule has 0 N–H and O–H groups in total. The van der Waals surface area contributed by atoms with Gasteiger partial charge in [0, 0.05) is 33.1 Å². The fourth-order valence-corrected chi connectivity index (χ4v) is 3.44. The minimum absolute atomic E-state index is 0.0138. The summed E-state index contributed by atoms with van der Waals surface area (Å²) in [5.74, 6) is -0.490. The molecular formula is C23H25FN2O2. The number of nitrogens with zero attached hydrogens (tertiary/aromatic N) is 2. The summed E-state index contributed by atoms with van der Waals surface area (Å²) in [4.78, 5) is 28.4. The minimum Gasteiger partial charge on any atom is -0.342 e. The quantitative estimate of drug-likeness (QED) is 0.766. The third-order valence-corrected chi connectivity index (χ3v) is 4.98. The Kier molecular flexibility index (Phi) is 6.58. The minimum atomic E-state index is -0.320. The van der Waals surface area contributed by atoms with Gasteiger partial charge in [-0.05, 0) is 29.7 Å². The molecule has 1 heterocycles. The van der Waals surface area contributed by atoms with E-state index in [0.717, 1.165) is 11.1 Å². The smallest absolute Gasteiger partial charge is 0.227 e. The number of likely N-dealkylation sites (tertiary alicyclic amines) is 1. The first-order valence-electron chi connectivity index (χ1n) is 9.51. The maximum atomic E-state index is 13.4. The number of carbonyl (C=O) groups excluding carboxylic acids is 2. The van der Waals surface area contributed by atoms with Gasteiger partial charge in [-0.1, -0.05) is 54.6 Å². The van der Waals surface area contributed by atoms with Gasteiger partial charge in [0.2, 0.25) is 11.8 Å². The van der Waals surface area contributed by atoms with Gasteiger partial charge < -0.3 is 9.80 Å². The maximum absolute atomic E-state index is 13.4. The number of benzene rings is 2. The van der Waals surface area contributed by atoms with Crippen LogP contribution in [0.3, 0.4) is 0 Å². The Morgan fingerprint density at radius 1 is 1.21 bits per heavy atom. The van der Waals surface area contributed by atoms with Crippen LogP contribution in [0, 0.1) is 11.7 Å². The van der Waals surface area contributed by atoms with Crippen molar-refractivity contribution in [1.29, 1.82) is 0 Å². The van der Waals surface area contributed by atoms with Crippen LogP contribution >= 0.6 is 0 Å². The molecular weight excluding hydrogens is 355 g/mol. The van der Waals surface area contributed by atoms with Gasteiger partial charge in [0.25, 0.3) is 0 Å². The number of halogens is 1. The number of carbonyl (C=O) groups is 2. The average molecular weight is 380 g/mol. The lowest BCUT2D eigenvalue weighted by atomic mass is 9.95. The highest BCUT2D eigenvalue weighted by atomic mass is 19.1. The van der Waals surface area contributed by atoms with Crippen molar-refractivity contribution in [2.45, 2.75) is 19.4 Å². The molecule has 1 fully saturated rings. The largest absolute Gasteiger partial charge is 0.342 e. The van der Waals surface area contributed by atoms with Crippen LogP contribution in [-0.2, 0) is 16.1 Å². The van der Waals surface area contributed by atoms with E-state index in [1.165, 1.54) is 12.1 Å². The molecule has 0 saturated carbocycles. The summed E-state index contributed by atoms with van der Waals surface area (Å²) in [5, 5.41) is 0. The number of likely N-dealkylation sites (N-methyl/N-ethyl adjacent to an activating group) is 1. The molecule has 0 bridgehead atoms. The molecule has 5 heteroatoms. The molecule has 1 aliphatic heterocycles. The number of piperidine rings is 1. The summed E-state index contributed by atoms with van der Waals surface area (Å²) in [6, 6.07) is 16.2.